The molecule has 0 aliphatic heterocycles. The molecule has 0 spiro atoms. The van der Waals surface area contributed by atoms with Gasteiger partial charge in [0.25, 0.3) is 0 Å². The Morgan fingerprint density at radius 3 is 2.67 bits per heavy atom. The van der Waals surface area contributed by atoms with Gasteiger partial charge in [0.05, 0.1) is 0 Å². The first-order valence-corrected chi connectivity index (χ1v) is 7.05. The Hall–Kier alpha value is -2.44. The molecule has 0 amide bonds. The van der Waals surface area contributed by atoms with Crippen molar-refractivity contribution in [1.29, 1.82) is 0 Å². The molecule has 3 nitrogen and oxygen atoms in total. The van der Waals surface area contributed by atoms with Crippen LogP contribution in [0.3, 0.4) is 0 Å². The van der Waals surface area contributed by atoms with Gasteiger partial charge in [0.15, 0.2) is 0 Å². The SMILES string of the molecule is C#CCOc1ccc(CNNc2ccccc2)cc1CC. The predicted octanol–water partition coefficient (Wildman–Crippen LogP) is 3.38. The Morgan fingerprint density at radius 1 is 1.14 bits per heavy atom. The fourth-order valence-electron chi connectivity index (χ4n) is 2.05. The van der Waals surface area contributed by atoms with E-state index in [4.69, 9.17) is 11.2 Å². The molecule has 0 aliphatic rings. The van der Waals surface area contributed by atoms with Crippen LogP contribution in [0.2, 0.25) is 0 Å². The molecule has 108 valence electrons. The molecule has 2 aromatic rings. The topological polar surface area (TPSA) is 33.3 Å². The molecule has 0 saturated heterocycles. The predicted molar refractivity (Wildman–Crippen MR) is 87.1 cm³/mol. The van der Waals surface area contributed by atoms with Crippen LogP contribution in [0.25, 0.3) is 0 Å². The Kier molecular flexibility index (Phi) is 5.69. The summed E-state index contributed by atoms with van der Waals surface area (Å²) >= 11 is 0. The van der Waals surface area contributed by atoms with Crippen molar-refractivity contribution < 1.29 is 4.74 Å². The Bertz CT molecular complexity index is 602. The molecule has 0 heterocycles. The van der Waals surface area contributed by atoms with E-state index in [0.717, 1.165) is 24.4 Å². The highest BCUT2D eigenvalue weighted by Crippen LogP contribution is 2.20. The lowest BCUT2D eigenvalue weighted by Gasteiger charge is -2.12. The van der Waals surface area contributed by atoms with Crippen LogP contribution in [0.5, 0.6) is 5.75 Å². The van der Waals surface area contributed by atoms with Crippen LogP contribution in [0.15, 0.2) is 48.5 Å². The van der Waals surface area contributed by atoms with Crippen LogP contribution in [-0.4, -0.2) is 6.61 Å². The molecule has 0 fully saturated rings. The minimum atomic E-state index is 0.306. The summed E-state index contributed by atoms with van der Waals surface area (Å²) in [5.41, 5.74) is 9.79. The molecular weight excluding hydrogens is 260 g/mol. The van der Waals surface area contributed by atoms with Crippen molar-refractivity contribution in [3.8, 4) is 18.1 Å². The normalized spacial score (nSPS) is 9.90. The van der Waals surface area contributed by atoms with E-state index in [1.165, 1.54) is 11.1 Å². The van der Waals surface area contributed by atoms with Crippen molar-refractivity contribution in [2.24, 2.45) is 0 Å². The van der Waals surface area contributed by atoms with Gasteiger partial charge < -0.3 is 10.2 Å². The van der Waals surface area contributed by atoms with E-state index >= 15 is 0 Å². The zero-order chi connectivity index (χ0) is 14.9. The van der Waals surface area contributed by atoms with Crippen LogP contribution in [0, 0.1) is 12.3 Å². The van der Waals surface area contributed by atoms with Gasteiger partial charge in [-0.05, 0) is 35.7 Å². The molecule has 3 heteroatoms. The van der Waals surface area contributed by atoms with E-state index in [1.807, 2.05) is 42.5 Å². The van der Waals surface area contributed by atoms with Crippen LogP contribution in [-0.2, 0) is 13.0 Å². The maximum absolute atomic E-state index is 5.53. The third-order valence-electron chi connectivity index (χ3n) is 3.12. The van der Waals surface area contributed by atoms with Crippen molar-refractivity contribution >= 4 is 5.69 Å². The maximum atomic E-state index is 5.53. The molecule has 2 rings (SSSR count). The lowest BCUT2D eigenvalue weighted by atomic mass is 10.1. The Labute approximate surface area is 126 Å². The van der Waals surface area contributed by atoms with Gasteiger partial charge in [0.2, 0.25) is 0 Å². The summed E-state index contributed by atoms with van der Waals surface area (Å²) in [6, 6.07) is 16.2. The van der Waals surface area contributed by atoms with Gasteiger partial charge in [-0.15, -0.1) is 6.42 Å². The zero-order valence-corrected chi connectivity index (χ0v) is 12.2. The smallest absolute Gasteiger partial charge is 0.148 e. The summed E-state index contributed by atoms with van der Waals surface area (Å²) in [5.74, 6) is 3.36. The Balaban J connectivity index is 1.93. The molecule has 21 heavy (non-hydrogen) atoms. The van der Waals surface area contributed by atoms with Gasteiger partial charge in [-0.1, -0.05) is 43.2 Å². The summed E-state index contributed by atoms with van der Waals surface area (Å²) in [6.07, 6.45) is 6.14. The van der Waals surface area contributed by atoms with E-state index in [2.05, 4.69) is 29.8 Å². The van der Waals surface area contributed by atoms with Gasteiger partial charge >= 0.3 is 0 Å². The van der Waals surface area contributed by atoms with Crippen LogP contribution < -0.4 is 15.6 Å². The number of hydrogen-bond acceptors (Lipinski definition) is 3. The van der Waals surface area contributed by atoms with Gasteiger partial charge in [0.1, 0.15) is 12.4 Å². The fourth-order valence-corrected chi connectivity index (χ4v) is 2.05. The van der Waals surface area contributed by atoms with Crippen molar-refractivity contribution in [2.45, 2.75) is 19.9 Å². The van der Waals surface area contributed by atoms with E-state index in [1.54, 1.807) is 0 Å². The molecule has 2 N–H and O–H groups in total. The van der Waals surface area contributed by atoms with Gasteiger partial charge in [-0.25, -0.2) is 5.43 Å². The second kappa shape index (κ2) is 7.98. The minimum Gasteiger partial charge on any atom is -0.481 e. The number of hydrazine groups is 1. The number of nitrogens with one attached hydrogen (secondary N) is 2. The lowest BCUT2D eigenvalue weighted by molar-refractivity contribution is 0.366. The lowest BCUT2D eigenvalue weighted by Crippen LogP contribution is -2.20. The van der Waals surface area contributed by atoms with E-state index in [-0.39, 0.29) is 0 Å². The summed E-state index contributed by atoms with van der Waals surface area (Å²) in [7, 11) is 0. The van der Waals surface area contributed by atoms with E-state index in [9.17, 15) is 0 Å². The molecule has 0 aliphatic carbocycles. The second-order valence-corrected chi connectivity index (χ2v) is 4.63. The highest BCUT2D eigenvalue weighted by molar-refractivity contribution is 5.42. The number of rotatable bonds is 7. The fraction of sp³-hybridized carbons (Fsp3) is 0.222. The van der Waals surface area contributed by atoms with Gasteiger partial charge in [0, 0.05) is 12.2 Å². The molecule has 2 aromatic carbocycles. The highest BCUT2D eigenvalue weighted by atomic mass is 16.5. The van der Waals surface area contributed by atoms with Crippen molar-refractivity contribution in [2.75, 3.05) is 12.0 Å². The second-order valence-electron chi connectivity index (χ2n) is 4.63. The molecule has 0 atom stereocenters. The Morgan fingerprint density at radius 2 is 1.95 bits per heavy atom. The van der Waals surface area contributed by atoms with Gasteiger partial charge in [-0.2, -0.15) is 0 Å². The average Bonchev–Trinajstić information content (AvgIpc) is 2.54. The summed E-state index contributed by atoms with van der Waals surface area (Å²) in [4.78, 5) is 0. The quantitative estimate of drug-likeness (QED) is 0.602. The number of para-hydroxylation sites is 1. The van der Waals surface area contributed by atoms with Crippen molar-refractivity contribution in [1.82, 2.24) is 5.43 Å². The summed E-state index contributed by atoms with van der Waals surface area (Å²) < 4.78 is 5.53. The number of anilines is 1. The molecule has 0 unspecified atom stereocenters. The minimum absolute atomic E-state index is 0.306. The monoisotopic (exact) mass is 280 g/mol. The molecule has 0 saturated carbocycles. The number of hydrogen-bond donors (Lipinski definition) is 2. The molecule has 0 bridgehead atoms. The third-order valence-corrected chi connectivity index (χ3v) is 3.12. The average molecular weight is 280 g/mol. The molecule has 0 radical (unpaired) electrons. The molecular formula is C18H20N2O. The highest BCUT2D eigenvalue weighted by Gasteiger charge is 2.03. The number of aryl methyl sites for hydroxylation is 1. The molecule has 0 aromatic heterocycles. The van der Waals surface area contributed by atoms with Gasteiger partial charge in [-0.3, -0.25) is 0 Å². The number of ether oxygens (including phenoxy) is 1. The zero-order valence-electron chi connectivity index (χ0n) is 12.2. The van der Waals surface area contributed by atoms with Crippen LogP contribution >= 0.6 is 0 Å². The summed E-state index contributed by atoms with van der Waals surface area (Å²) in [5, 5.41) is 0. The van der Waals surface area contributed by atoms with E-state index in [0.29, 0.717) is 6.61 Å². The van der Waals surface area contributed by atoms with Crippen LogP contribution in [0.1, 0.15) is 18.1 Å². The largest absolute Gasteiger partial charge is 0.481 e. The first-order chi connectivity index (χ1) is 10.3. The number of benzene rings is 2. The van der Waals surface area contributed by atoms with Crippen LogP contribution in [0.4, 0.5) is 5.69 Å². The first-order valence-electron chi connectivity index (χ1n) is 7.05. The standard InChI is InChI=1S/C18H20N2O/c1-3-12-21-18-11-10-15(13-16(18)4-2)14-19-20-17-8-6-5-7-9-17/h1,5-11,13,19-20H,4,12,14H2,2H3. The number of terminal acetylenes is 1. The first kappa shape index (κ1) is 15.0. The van der Waals surface area contributed by atoms with E-state index < -0.39 is 0 Å². The van der Waals surface area contributed by atoms with Crippen molar-refractivity contribution in [3.05, 3.63) is 59.7 Å². The third kappa shape index (κ3) is 4.55. The summed E-state index contributed by atoms with van der Waals surface area (Å²) in [6.45, 7) is 3.15. The van der Waals surface area contributed by atoms with Crippen molar-refractivity contribution in [3.63, 3.8) is 0 Å². The maximum Gasteiger partial charge on any atom is 0.148 e.